The Labute approximate surface area is 148 Å². The first-order chi connectivity index (χ1) is 11.3. The summed E-state index contributed by atoms with van der Waals surface area (Å²) in [5.74, 6) is -0.444. The van der Waals surface area contributed by atoms with Gasteiger partial charge in [-0.25, -0.2) is 19.4 Å². The maximum atomic E-state index is 12.7. The number of fused-ring (bicyclic) bond motifs is 1. The third-order valence-electron chi connectivity index (χ3n) is 3.94. The van der Waals surface area contributed by atoms with Crippen molar-refractivity contribution in [2.45, 2.75) is 65.2 Å². The number of carbonyl (C=O) groups is 3. The fourth-order valence-corrected chi connectivity index (χ4v) is 2.90. The number of hydrogen-bond acceptors (Lipinski definition) is 6. The van der Waals surface area contributed by atoms with E-state index in [0.717, 1.165) is 11.4 Å². The molecule has 2 aliphatic rings. The summed E-state index contributed by atoms with van der Waals surface area (Å²) in [5, 5.41) is 2.24. The molecule has 2 amide bonds. The molecule has 0 N–H and O–H groups in total. The zero-order valence-corrected chi connectivity index (χ0v) is 16.0. The Morgan fingerprint density at radius 3 is 1.92 bits per heavy atom. The van der Waals surface area contributed by atoms with Crippen LogP contribution in [-0.2, 0) is 19.0 Å². The maximum absolute atomic E-state index is 12.7. The van der Waals surface area contributed by atoms with Crippen molar-refractivity contribution in [2.24, 2.45) is 11.8 Å². The number of nitrogens with zero attached hydrogens (tertiary/aromatic N) is 2. The van der Waals surface area contributed by atoms with Gasteiger partial charge in [0.1, 0.15) is 11.2 Å². The van der Waals surface area contributed by atoms with Gasteiger partial charge in [0.05, 0.1) is 7.11 Å². The Kier molecular flexibility index (Phi) is 4.94. The van der Waals surface area contributed by atoms with Crippen LogP contribution in [0, 0.1) is 11.8 Å². The molecule has 8 heteroatoms. The third kappa shape index (κ3) is 4.55. The number of rotatable bonds is 1. The van der Waals surface area contributed by atoms with E-state index in [1.54, 1.807) is 41.5 Å². The number of hydrogen-bond donors (Lipinski definition) is 0. The molecule has 0 radical (unpaired) electrons. The van der Waals surface area contributed by atoms with Crippen molar-refractivity contribution in [3.8, 4) is 0 Å². The summed E-state index contributed by atoms with van der Waals surface area (Å²) in [6.45, 7) is 10.7. The van der Waals surface area contributed by atoms with Crippen molar-refractivity contribution in [2.75, 3.05) is 13.7 Å². The monoisotopic (exact) mass is 356 g/mol. The summed E-state index contributed by atoms with van der Waals surface area (Å²) in [7, 11) is 1.26. The Bertz CT molecular complexity index is 562. The average Bonchev–Trinajstić information content (AvgIpc) is 3.19. The van der Waals surface area contributed by atoms with Crippen LogP contribution >= 0.6 is 0 Å². The zero-order chi connectivity index (χ0) is 19.2. The highest BCUT2D eigenvalue weighted by Gasteiger charge is 2.59. The fraction of sp³-hybridized carbons (Fsp3) is 0.824. The number of hydrazine groups is 1. The molecule has 2 rings (SSSR count). The number of carbonyl (C=O) groups excluding carboxylic acids is 3. The van der Waals surface area contributed by atoms with E-state index in [-0.39, 0.29) is 11.8 Å². The molecular formula is C17H28N2O6. The van der Waals surface area contributed by atoms with Crippen LogP contribution in [0.3, 0.4) is 0 Å². The van der Waals surface area contributed by atoms with E-state index in [4.69, 9.17) is 14.2 Å². The number of esters is 1. The zero-order valence-electron chi connectivity index (χ0n) is 16.0. The van der Waals surface area contributed by atoms with Gasteiger partial charge in [0, 0.05) is 6.54 Å². The van der Waals surface area contributed by atoms with E-state index in [0.29, 0.717) is 6.54 Å². The van der Waals surface area contributed by atoms with Crippen LogP contribution in [0.2, 0.25) is 0 Å². The lowest BCUT2D eigenvalue weighted by Gasteiger charge is -2.42. The molecule has 1 aliphatic carbocycles. The first-order valence-corrected chi connectivity index (χ1v) is 8.44. The van der Waals surface area contributed by atoms with Crippen molar-refractivity contribution in [3.63, 3.8) is 0 Å². The number of amides is 2. The average molecular weight is 356 g/mol. The predicted molar refractivity (Wildman–Crippen MR) is 88.4 cm³/mol. The highest BCUT2D eigenvalue weighted by atomic mass is 16.6. The Morgan fingerprint density at radius 1 is 0.920 bits per heavy atom. The summed E-state index contributed by atoms with van der Waals surface area (Å²) in [4.78, 5) is 37.6. The Balaban J connectivity index is 2.32. The van der Waals surface area contributed by atoms with E-state index in [1.807, 2.05) is 0 Å². The summed E-state index contributed by atoms with van der Waals surface area (Å²) in [6.07, 6.45) is -0.699. The second kappa shape index (κ2) is 6.38. The molecule has 0 bridgehead atoms. The smallest absolute Gasteiger partial charge is 0.430 e. The highest BCUT2D eigenvalue weighted by Crippen LogP contribution is 2.48. The molecule has 25 heavy (non-hydrogen) atoms. The van der Waals surface area contributed by atoms with Gasteiger partial charge in [-0.3, -0.25) is 0 Å². The SMILES string of the molecule is COC(=O)[C@H]1[C@@H]2C[C@@H]2CN(C(=O)OC(C)(C)C)N1C(=O)OC(C)(C)C. The normalized spacial score (nSPS) is 25.8. The molecule has 0 aromatic carbocycles. The van der Waals surface area contributed by atoms with E-state index < -0.39 is 35.4 Å². The first-order valence-electron chi connectivity index (χ1n) is 8.44. The largest absolute Gasteiger partial charge is 0.467 e. The lowest BCUT2D eigenvalue weighted by atomic mass is 10.1. The van der Waals surface area contributed by atoms with Crippen LogP contribution in [0.1, 0.15) is 48.0 Å². The van der Waals surface area contributed by atoms with Crippen molar-refractivity contribution >= 4 is 18.2 Å². The van der Waals surface area contributed by atoms with Gasteiger partial charge in [-0.1, -0.05) is 0 Å². The molecule has 0 spiro atoms. The summed E-state index contributed by atoms with van der Waals surface area (Å²) >= 11 is 0. The molecule has 1 saturated carbocycles. The first kappa shape index (κ1) is 19.3. The van der Waals surface area contributed by atoms with Crippen molar-refractivity contribution in [1.29, 1.82) is 0 Å². The maximum Gasteiger partial charge on any atom is 0.430 e. The van der Waals surface area contributed by atoms with Crippen LogP contribution in [0.4, 0.5) is 9.59 Å². The summed E-state index contributed by atoms with van der Waals surface area (Å²) in [5.41, 5.74) is -1.49. The molecule has 2 fully saturated rings. The van der Waals surface area contributed by atoms with Crippen LogP contribution in [0.5, 0.6) is 0 Å². The minimum Gasteiger partial charge on any atom is -0.467 e. The molecule has 1 aliphatic heterocycles. The molecule has 1 heterocycles. The van der Waals surface area contributed by atoms with Gasteiger partial charge in [-0.15, -0.1) is 0 Å². The van der Waals surface area contributed by atoms with Gasteiger partial charge < -0.3 is 14.2 Å². The molecule has 1 saturated heterocycles. The van der Waals surface area contributed by atoms with Gasteiger partial charge in [-0.2, -0.15) is 5.01 Å². The Hall–Kier alpha value is -1.99. The minimum absolute atomic E-state index is 0.0290. The molecule has 142 valence electrons. The molecule has 8 nitrogen and oxygen atoms in total. The van der Waals surface area contributed by atoms with E-state index in [1.165, 1.54) is 12.1 Å². The van der Waals surface area contributed by atoms with E-state index >= 15 is 0 Å². The topological polar surface area (TPSA) is 85.4 Å². The van der Waals surface area contributed by atoms with Gasteiger partial charge in [0.15, 0.2) is 6.04 Å². The minimum atomic E-state index is -0.883. The van der Waals surface area contributed by atoms with Crippen LogP contribution < -0.4 is 0 Å². The van der Waals surface area contributed by atoms with Crippen molar-refractivity contribution in [3.05, 3.63) is 0 Å². The molecule has 0 aromatic rings. The third-order valence-corrected chi connectivity index (χ3v) is 3.94. The van der Waals surface area contributed by atoms with Crippen LogP contribution in [-0.4, -0.2) is 59.1 Å². The van der Waals surface area contributed by atoms with Crippen molar-refractivity contribution < 1.29 is 28.6 Å². The van der Waals surface area contributed by atoms with E-state index in [2.05, 4.69) is 0 Å². The van der Waals surface area contributed by atoms with Crippen molar-refractivity contribution in [1.82, 2.24) is 10.0 Å². The Morgan fingerprint density at radius 2 is 1.44 bits per heavy atom. The lowest BCUT2D eigenvalue weighted by molar-refractivity contribution is -0.160. The van der Waals surface area contributed by atoms with Crippen LogP contribution in [0.15, 0.2) is 0 Å². The molecule has 3 atom stereocenters. The predicted octanol–water partition coefficient (Wildman–Crippen LogP) is 2.57. The fourth-order valence-electron chi connectivity index (χ4n) is 2.90. The van der Waals surface area contributed by atoms with Gasteiger partial charge in [0.2, 0.25) is 0 Å². The van der Waals surface area contributed by atoms with Gasteiger partial charge >= 0.3 is 18.2 Å². The standard InChI is InChI=1S/C17H28N2O6/c1-16(2,3)24-14(21)18-9-10-8-11(10)12(13(20)23-7)19(18)15(22)25-17(4,5)6/h10-12H,8-9H2,1-7H3/t10-,11-,12-/m1/s1. The lowest BCUT2D eigenvalue weighted by Crippen LogP contribution is -2.62. The second-order valence-corrected chi connectivity index (χ2v) is 8.51. The summed E-state index contributed by atoms with van der Waals surface area (Å²) < 4.78 is 15.7. The number of ether oxygens (including phenoxy) is 3. The molecule has 0 aromatic heterocycles. The molecular weight excluding hydrogens is 328 g/mol. The van der Waals surface area contributed by atoms with Crippen LogP contribution in [0.25, 0.3) is 0 Å². The second-order valence-electron chi connectivity index (χ2n) is 8.51. The van der Waals surface area contributed by atoms with Gasteiger partial charge in [0.25, 0.3) is 0 Å². The van der Waals surface area contributed by atoms with Gasteiger partial charge in [-0.05, 0) is 59.8 Å². The van der Waals surface area contributed by atoms with E-state index in [9.17, 15) is 14.4 Å². The molecule has 0 unspecified atom stereocenters. The highest BCUT2D eigenvalue weighted by molar-refractivity contribution is 5.84. The number of methoxy groups -OCH3 is 1. The quantitative estimate of drug-likeness (QED) is 0.530. The summed E-state index contributed by atoms with van der Waals surface area (Å²) in [6, 6.07) is -0.883.